The van der Waals surface area contributed by atoms with Gasteiger partial charge in [-0.3, -0.25) is 4.90 Å². The summed E-state index contributed by atoms with van der Waals surface area (Å²) in [4.78, 5) is 12.7. The van der Waals surface area contributed by atoms with Crippen LogP contribution in [0.3, 0.4) is 0 Å². The van der Waals surface area contributed by atoms with Crippen molar-refractivity contribution in [2.24, 2.45) is 5.92 Å². The van der Waals surface area contributed by atoms with Gasteiger partial charge in [-0.25, -0.2) is 9.97 Å². The number of hydrogen-bond acceptors (Lipinski definition) is 6. The maximum Gasteiger partial charge on any atom is 0.208 e. The number of nitrogens with one attached hydrogen (secondary N) is 1. The summed E-state index contributed by atoms with van der Waals surface area (Å²) in [6.07, 6.45) is 1.25. The summed E-state index contributed by atoms with van der Waals surface area (Å²) >= 11 is 1.74. The second kappa shape index (κ2) is 6.89. The fourth-order valence-electron chi connectivity index (χ4n) is 2.90. The predicted octanol–water partition coefficient (Wildman–Crippen LogP) is 2.67. The van der Waals surface area contributed by atoms with Crippen LogP contribution in [0.25, 0.3) is 0 Å². The zero-order valence-corrected chi connectivity index (χ0v) is 14.4. The van der Waals surface area contributed by atoms with Crippen LogP contribution in [0.15, 0.2) is 9.93 Å². The summed E-state index contributed by atoms with van der Waals surface area (Å²) in [5, 5.41) is 3.45. The van der Waals surface area contributed by atoms with Gasteiger partial charge in [0.25, 0.3) is 0 Å². The zero-order valence-electron chi connectivity index (χ0n) is 13.6. The van der Waals surface area contributed by atoms with Crippen LogP contribution in [-0.2, 0) is 13.1 Å². The summed E-state index contributed by atoms with van der Waals surface area (Å²) in [7, 11) is 0. The molecule has 120 valence electrons. The number of thiazole rings is 1. The highest BCUT2D eigenvalue weighted by Gasteiger charge is 2.21. The molecule has 2 aromatic heterocycles. The molecule has 0 spiro atoms. The van der Waals surface area contributed by atoms with Gasteiger partial charge in [-0.05, 0) is 46.2 Å². The standard InChI is InChI=1S/C16H24N4OS/c1-11-13(3)21-16(19-11)9-20(7-14-4-5-17-6-14)8-15-12(2)18-10-22-15/h10,14,17H,4-9H2,1-3H3/t14-/m1/s1. The SMILES string of the molecule is Cc1nc(CN(Cc2scnc2C)C[C@@H]2CCNC2)oc1C. The van der Waals surface area contributed by atoms with Crippen LogP contribution in [0.2, 0.25) is 0 Å². The van der Waals surface area contributed by atoms with Gasteiger partial charge in [0.15, 0.2) is 0 Å². The number of aryl methyl sites for hydroxylation is 3. The first-order chi connectivity index (χ1) is 10.6. The summed E-state index contributed by atoms with van der Waals surface area (Å²) in [6.45, 7) is 11.1. The molecule has 1 aliphatic heterocycles. The lowest BCUT2D eigenvalue weighted by Crippen LogP contribution is -2.30. The Morgan fingerprint density at radius 3 is 2.77 bits per heavy atom. The summed E-state index contributed by atoms with van der Waals surface area (Å²) in [5.41, 5.74) is 4.06. The fraction of sp³-hybridized carbons (Fsp3) is 0.625. The Balaban J connectivity index is 1.71. The highest BCUT2D eigenvalue weighted by atomic mass is 32.1. The largest absolute Gasteiger partial charge is 0.444 e. The third-order valence-corrected chi connectivity index (χ3v) is 5.24. The second-order valence-electron chi connectivity index (χ2n) is 6.14. The number of hydrogen-bond donors (Lipinski definition) is 1. The van der Waals surface area contributed by atoms with Gasteiger partial charge in [-0.1, -0.05) is 0 Å². The highest BCUT2D eigenvalue weighted by molar-refractivity contribution is 7.09. The topological polar surface area (TPSA) is 54.2 Å². The average Bonchev–Trinajstić information content (AvgIpc) is 3.17. The third-order valence-electron chi connectivity index (χ3n) is 4.32. The zero-order chi connectivity index (χ0) is 15.5. The number of nitrogens with zero attached hydrogens (tertiary/aromatic N) is 3. The van der Waals surface area contributed by atoms with Crippen LogP contribution in [0.4, 0.5) is 0 Å². The first-order valence-corrected chi connectivity index (χ1v) is 8.74. The summed E-state index contributed by atoms with van der Waals surface area (Å²) in [5.74, 6) is 2.46. The Morgan fingerprint density at radius 1 is 1.32 bits per heavy atom. The van der Waals surface area contributed by atoms with E-state index in [9.17, 15) is 0 Å². The van der Waals surface area contributed by atoms with Gasteiger partial charge in [0.05, 0.1) is 23.4 Å². The molecule has 0 radical (unpaired) electrons. The molecule has 1 saturated heterocycles. The van der Waals surface area contributed by atoms with Crippen LogP contribution in [0.5, 0.6) is 0 Å². The van der Waals surface area contributed by atoms with E-state index in [4.69, 9.17) is 4.42 Å². The van der Waals surface area contributed by atoms with Crippen LogP contribution >= 0.6 is 11.3 Å². The van der Waals surface area contributed by atoms with Crippen LogP contribution in [0.1, 0.15) is 34.3 Å². The van der Waals surface area contributed by atoms with Crippen molar-refractivity contribution in [3.63, 3.8) is 0 Å². The van der Waals surface area contributed by atoms with E-state index in [1.807, 2.05) is 19.4 Å². The first kappa shape index (κ1) is 15.6. The number of aromatic nitrogens is 2. The molecule has 1 N–H and O–H groups in total. The summed E-state index contributed by atoms with van der Waals surface area (Å²) in [6, 6.07) is 0. The van der Waals surface area contributed by atoms with Crippen molar-refractivity contribution in [3.8, 4) is 0 Å². The van der Waals surface area contributed by atoms with Crippen LogP contribution in [0, 0.1) is 26.7 Å². The minimum absolute atomic E-state index is 0.713. The van der Waals surface area contributed by atoms with E-state index in [2.05, 4.69) is 27.1 Å². The van der Waals surface area contributed by atoms with Crippen LogP contribution < -0.4 is 5.32 Å². The van der Waals surface area contributed by atoms with Gasteiger partial charge in [-0.15, -0.1) is 11.3 Å². The Kier molecular flexibility index (Phi) is 4.90. The average molecular weight is 320 g/mol. The van der Waals surface area contributed by atoms with E-state index in [-0.39, 0.29) is 0 Å². The maximum absolute atomic E-state index is 5.78. The number of oxazole rings is 1. The van der Waals surface area contributed by atoms with E-state index in [0.717, 1.165) is 55.8 Å². The van der Waals surface area contributed by atoms with Gasteiger partial charge >= 0.3 is 0 Å². The first-order valence-electron chi connectivity index (χ1n) is 7.86. The highest BCUT2D eigenvalue weighted by Crippen LogP contribution is 2.20. The molecule has 0 bridgehead atoms. The Bertz CT molecular complexity index is 596. The van der Waals surface area contributed by atoms with E-state index < -0.39 is 0 Å². The molecule has 1 fully saturated rings. The van der Waals surface area contributed by atoms with Crippen molar-refractivity contribution in [1.29, 1.82) is 0 Å². The minimum Gasteiger partial charge on any atom is -0.444 e. The van der Waals surface area contributed by atoms with E-state index in [0.29, 0.717) is 5.92 Å². The van der Waals surface area contributed by atoms with Gasteiger partial charge in [-0.2, -0.15) is 0 Å². The van der Waals surface area contributed by atoms with Crippen molar-refractivity contribution in [1.82, 2.24) is 20.2 Å². The van der Waals surface area contributed by atoms with E-state index in [1.54, 1.807) is 11.3 Å². The van der Waals surface area contributed by atoms with Crippen molar-refractivity contribution >= 4 is 11.3 Å². The molecule has 6 heteroatoms. The van der Waals surface area contributed by atoms with Crippen molar-refractivity contribution in [3.05, 3.63) is 33.4 Å². The molecule has 0 aliphatic carbocycles. The Morgan fingerprint density at radius 2 is 2.18 bits per heavy atom. The summed E-state index contributed by atoms with van der Waals surface area (Å²) < 4.78 is 5.78. The molecule has 0 aromatic carbocycles. The molecule has 0 saturated carbocycles. The van der Waals surface area contributed by atoms with Crippen LogP contribution in [-0.4, -0.2) is 34.5 Å². The Labute approximate surface area is 135 Å². The molecule has 3 rings (SSSR count). The number of rotatable bonds is 6. The van der Waals surface area contributed by atoms with Crippen molar-refractivity contribution in [2.75, 3.05) is 19.6 Å². The van der Waals surface area contributed by atoms with Gasteiger partial charge in [0, 0.05) is 18.0 Å². The lowest BCUT2D eigenvalue weighted by Gasteiger charge is -2.23. The monoisotopic (exact) mass is 320 g/mol. The second-order valence-corrected chi connectivity index (χ2v) is 7.08. The normalized spacial score (nSPS) is 18.5. The lowest BCUT2D eigenvalue weighted by atomic mass is 10.1. The van der Waals surface area contributed by atoms with Gasteiger partial charge in [0.2, 0.25) is 5.89 Å². The minimum atomic E-state index is 0.713. The smallest absolute Gasteiger partial charge is 0.208 e. The molecule has 5 nitrogen and oxygen atoms in total. The van der Waals surface area contributed by atoms with Gasteiger partial charge in [0.1, 0.15) is 5.76 Å². The fourth-order valence-corrected chi connectivity index (χ4v) is 3.72. The molecular formula is C16H24N4OS. The van der Waals surface area contributed by atoms with E-state index in [1.165, 1.54) is 11.3 Å². The van der Waals surface area contributed by atoms with Gasteiger partial charge < -0.3 is 9.73 Å². The molecule has 1 atom stereocenters. The van der Waals surface area contributed by atoms with Crippen molar-refractivity contribution < 1.29 is 4.42 Å². The third kappa shape index (κ3) is 3.74. The van der Waals surface area contributed by atoms with Crippen molar-refractivity contribution in [2.45, 2.75) is 40.3 Å². The molecule has 1 aliphatic rings. The molecule has 0 amide bonds. The molecular weight excluding hydrogens is 296 g/mol. The molecule has 0 unspecified atom stereocenters. The molecule has 22 heavy (non-hydrogen) atoms. The lowest BCUT2D eigenvalue weighted by molar-refractivity contribution is 0.201. The quantitative estimate of drug-likeness (QED) is 0.887. The van der Waals surface area contributed by atoms with E-state index >= 15 is 0 Å². The Hall–Kier alpha value is -1.24. The molecule has 2 aromatic rings. The predicted molar refractivity (Wildman–Crippen MR) is 87.9 cm³/mol. The maximum atomic E-state index is 5.78. The molecule has 3 heterocycles.